The zero-order chi connectivity index (χ0) is 21.7. The zero-order valence-electron chi connectivity index (χ0n) is 16.2. The Kier molecular flexibility index (Phi) is 6.87. The highest BCUT2D eigenvalue weighted by Gasteiger charge is 2.28. The van der Waals surface area contributed by atoms with Crippen LogP contribution in [0.3, 0.4) is 0 Å². The molecular formula is C22H20ClFN2O3S. The minimum atomic E-state index is -4.08. The molecule has 0 unspecified atom stereocenters. The summed E-state index contributed by atoms with van der Waals surface area (Å²) in [6, 6.07) is 18.6. The number of hydrogen-bond acceptors (Lipinski definition) is 3. The molecule has 1 N–H and O–H groups in total. The molecule has 0 radical (unpaired) electrons. The van der Waals surface area contributed by atoms with Gasteiger partial charge in [-0.3, -0.25) is 4.79 Å². The summed E-state index contributed by atoms with van der Waals surface area (Å²) in [5.74, 6) is -1.08. The molecule has 0 aliphatic heterocycles. The first kappa shape index (κ1) is 22.0. The minimum absolute atomic E-state index is 0.0352. The van der Waals surface area contributed by atoms with E-state index >= 15 is 0 Å². The van der Waals surface area contributed by atoms with Crippen molar-refractivity contribution in [2.75, 3.05) is 11.9 Å². The molecule has 0 fully saturated rings. The van der Waals surface area contributed by atoms with E-state index in [4.69, 9.17) is 11.6 Å². The van der Waals surface area contributed by atoms with Gasteiger partial charge >= 0.3 is 0 Å². The van der Waals surface area contributed by atoms with Crippen molar-refractivity contribution in [3.05, 3.63) is 94.8 Å². The van der Waals surface area contributed by atoms with Crippen LogP contribution in [-0.4, -0.2) is 25.2 Å². The number of rotatable bonds is 7. The number of nitrogens with zero attached hydrogens (tertiary/aromatic N) is 1. The first-order valence-electron chi connectivity index (χ1n) is 9.12. The topological polar surface area (TPSA) is 66.5 Å². The molecule has 0 atom stereocenters. The second-order valence-corrected chi connectivity index (χ2v) is 9.06. The highest BCUT2D eigenvalue weighted by atomic mass is 35.5. The molecule has 0 saturated carbocycles. The van der Waals surface area contributed by atoms with Gasteiger partial charge in [-0.15, -0.1) is 0 Å². The summed E-state index contributed by atoms with van der Waals surface area (Å²) in [4.78, 5) is 12.6. The number of hydrogen-bond donors (Lipinski definition) is 1. The summed E-state index contributed by atoms with van der Waals surface area (Å²) in [6.07, 6.45) is 0. The largest absolute Gasteiger partial charge is 0.325 e. The molecular weight excluding hydrogens is 427 g/mol. The maximum atomic E-state index is 14.2. The Morgan fingerprint density at radius 2 is 1.63 bits per heavy atom. The van der Waals surface area contributed by atoms with Gasteiger partial charge in [0.15, 0.2) is 0 Å². The highest BCUT2D eigenvalue weighted by Crippen LogP contribution is 2.22. The van der Waals surface area contributed by atoms with Crippen LogP contribution in [0.2, 0.25) is 5.02 Å². The number of aryl methyl sites for hydroxylation is 1. The Balaban J connectivity index is 1.91. The fourth-order valence-corrected chi connectivity index (χ4v) is 4.36. The number of carbonyl (C=O) groups excluding carboxylic acids is 1. The normalized spacial score (nSPS) is 11.5. The van der Waals surface area contributed by atoms with E-state index in [1.165, 1.54) is 42.5 Å². The molecule has 1 amide bonds. The number of anilines is 1. The SMILES string of the molecule is Cc1ccccc1NC(=O)CN(Cc1ccccc1F)S(=O)(=O)c1ccc(Cl)cc1. The number of benzene rings is 3. The van der Waals surface area contributed by atoms with Gasteiger partial charge < -0.3 is 5.32 Å². The molecule has 0 aliphatic carbocycles. The second kappa shape index (κ2) is 9.38. The van der Waals surface area contributed by atoms with Crippen molar-refractivity contribution in [1.29, 1.82) is 0 Å². The van der Waals surface area contributed by atoms with Crippen LogP contribution in [-0.2, 0) is 21.4 Å². The molecule has 8 heteroatoms. The molecule has 3 rings (SSSR count). The smallest absolute Gasteiger partial charge is 0.243 e. The summed E-state index contributed by atoms with van der Waals surface area (Å²) in [7, 11) is -4.08. The van der Waals surface area contributed by atoms with Gasteiger partial charge in [0.05, 0.1) is 11.4 Å². The first-order chi connectivity index (χ1) is 14.3. The number of sulfonamides is 1. The van der Waals surface area contributed by atoms with Crippen LogP contribution in [0.4, 0.5) is 10.1 Å². The van der Waals surface area contributed by atoms with E-state index in [9.17, 15) is 17.6 Å². The maximum absolute atomic E-state index is 14.2. The van der Waals surface area contributed by atoms with Gasteiger partial charge in [0.25, 0.3) is 0 Å². The van der Waals surface area contributed by atoms with Crippen LogP contribution in [0.15, 0.2) is 77.7 Å². The molecule has 3 aromatic carbocycles. The average Bonchev–Trinajstić information content (AvgIpc) is 2.71. The van der Waals surface area contributed by atoms with E-state index in [-0.39, 0.29) is 17.0 Å². The van der Waals surface area contributed by atoms with E-state index in [1.54, 1.807) is 18.2 Å². The van der Waals surface area contributed by atoms with Gasteiger partial charge in [-0.05, 0) is 48.9 Å². The first-order valence-corrected chi connectivity index (χ1v) is 10.9. The predicted molar refractivity (Wildman–Crippen MR) is 115 cm³/mol. The molecule has 0 bridgehead atoms. The second-order valence-electron chi connectivity index (χ2n) is 6.68. The standard InChI is InChI=1S/C22H20ClFN2O3S/c1-16-6-2-5-9-21(16)25-22(27)15-26(14-17-7-3-4-8-20(17)24)30(28,29)19-12-10-18(23)11-13-19/h2-13H,14-15H2,1H3,(H,25,27). The monoisotopic (exact) mass is 446 g/mol. The number of para-hydroxylation sites is 1. The lowest BCUT2D eigenvalue weighted by molar-refractivity contribution is -0.116. The molecule has 0 spiro atoms. The van der Waals surface area contributed by atoms with Gasteiger partial charge in [0.1, 0.15) is 5.82 Å². The average molecular weight is 447 g/mol. The molecule has 156 valence electrons. The third-order valence-electron chi connectivity index (χ3n) is 4.50. The summed E-state index contributed by atoms with van der Waals surface area (Å²) < 4.78 is 41.5. The molecule has 0 aromatic heterocycles. The minimum Gasteiger partial charge on any atom is -0.325 e. The van der Waals surface area contributed by atoms with Crippen molar-refractivity contribution in [3.8, 4) is 0 Å². The van der Waals surface area contributed by atoms with Crippen molar-refractivity contribution in [1.82, 2.24) is 4.31 Å². The lowest BCUT2D eigenvalue weighted by Crippen LogP contribution is -2.37. The summed E-state index contributed by atoms with van der Waals surface area (Å²) in [6.45, 7) is 1.06. The Bertz CT molecular complexity index is 1150. The van der Waals surface area contributed by atoms with Gasteiger partial charge in [-0.2, -0.15) is 4.31 Å². The number of halogens is 2. The predicted octanol–water partition coefficient (Wildman–Crippen LogP) is 4.62. The lowest BCUT2D eigenvalue weighted by atomic mass is 10.2. The summed E-state index contributed by atoms with van der Waals surface area (Å²) in [5.41, 5.74) is 1.59. The van der Waals surface area contributed by atoms with Crippen molar-refractivity contribution in [2.45, 2.75) is 18.4 Å². The Morgan fingerprint density at radius 1 is 1.00 bits per heavy atom. The van der Waals surface area contributed by atoms with Gasteiger partial charge in [-0.25, -0.2) is 12.8 Å². The molecule has 0 saturated heterocycles. The summed E-state index contributed by atoms with van der Waals surface area (Å²) >= 11 is 5.86. The van der Waals surface area contributed by atoms with Crippen LogP contribution >= 0.6 is 11.6 Å². The van der Waals surface area contributed by atoms with Crippen molar-refractivity contribution in [2.24, 2.45) is 0 Å². The van der Waals surface area contributed by atoms with Crippen LogP contribution in [0.5, 0.6) is 0 Å². The number of amides is 1. The van der Waals surface area contributed by atoms with E-state index in [0.717, 1.165) is 9.87 Å². The third kappa shape index (κ3) is 5.24. The Morgan fingerprint density at radius 3 is 2.30 bits per heavy atom. The van der Waals surface area contributed by atoms with Crippen LogP contribution < -0.4 is 5.32 Å². The van der Waals surface area contributed by atoms with E-state index < -0.39 is 28.3 Å². The van der Waals surface area contributed by atoms with E-state index in [1.807, 2.05) is 19.1 Å². The molecule has 3 aromatic rings. The van der Waals surface area contributed by atoms with E-state index in [0.29, 0.717) is 10.7 Å². The van der Waals surface area contributed by atoms with Crippen LogP contribution in [0, 0.1) is 12.7 Å². The summed E-state index contributed by atoms with van der Waals surface area (Å²) in [5, 5.41) is 3.10. The third-order valence-corrected chi connectivity index (χ3v) is 6.55. The van der Waals surface area contributed by atoms with E-state index in [2.05, 4.69) is 5.32 Å². The lowest BCUT2D eigenvalue weighted by Gasteiger charge is -2.22. The van der Waals surface area contributed by atoms with Gasteiger partial charge in [0.2, 0.25) is 15.9 Å². The fraction of sp³-hybridized carbons (Fsp3) is 0.136. The fourth-order valence-electron chi connectivity index (χ4n) is 2.86. The molecule has 0 heterocycles. The highest BCUT2D eigenvalue weighted by molar-refractivity contribution is 7.89. The van der Waals surface area contributed by atoms with Crippen LogP contribution in [0.1, 0.15) is 11.1 Å². The maximum Gasteiger partial charge on any atom is 0.243 e. The Labute approximate surface area is 180 Å². The quantitative estimate of drug-likeness (QED) is 0.576. The molecule has 30 heavy (non-hydrogen) atoms. The van der Waals surface area contributed by atoms with Crippen LogP contribution in [0.25, 0.3) is 0 Å². The molecule has 5 nitrogen and oxygen atoms in total. The van der Waals surface area contributed by atoms with Crippen molar-refractivity contribution < 1.29 is 17.6 Å². The zero-order valence-corrected chi connectivity index (χ0v) is 17.8. The Hall–Kier alpha value is -2.74. The van der Waals surface area contributed by atoms with Crippen molar-refractivity contribution >= 4 is 33.2 Å². The number of carbonyl (C=O) groups is 1. The number of nitrogens with one attached hydrogen (secondary N) is 1. The molecule has 0 aliphatic rings. The van der Waals surface area contributed by atoms with Gasteiger partial charge in [0, 0.05) is 22.8 Å². The van der Waals surface area contributed by atoms with Gasteiger partial charge in [-0.1, -0.05) is 48.0 Å². The van der Waals surface area contributed by atoms with Crippen molar-refractivity contribution in [3.63, 3.8) is 0 Å².